The fraction of sp³-hybridized carbons (Fsp3) is 0.455. The summed E-state index contributed by atoms with van der Waals surface area (Å²) in [6.07, 6.45) is -4.61. The van der Waals surface area contributed by atoms with E-state index in [1.807, 2.05) is 0 Å². The highest BCUT2D eigenvalue weighted by Crippen LogP contribution is 2.20. The van der Waals surface area contributed by atoms with Crippen LogP contribution in [0.3, 0.4) is 0 Å². The summed E-state index contributed by atoms with van der Waals surface area (Å²) >= 11 is 2.95. The lowest BCUT2D eigenvalue weighted by Gasteiger charge is -2.23. The fourth-order valence-corrected chi connectivity index (χ4v) is 1.61. The van der Waals surface area contributed by atoms with Crippen molar-refractivity contribution in [3.8, 4) is 0 Å². The third kappa shape index (κ3) is 4.87. The summed E-state index contributed by atoms with van der Waals surface area (Å²) in [6, 6.07) is 2.61. The van der Waals surface area contributed by atoms with Crippen molar-refractivity contribution < 1.29 is 27.2 Å². The lowest BCUT2D eigenvalue weighted by atomic mass is 10.3. The maximum Gasteiger partial charge on any atom is 0.406 e. The lowest BCUT2D eigenvalue weighted by Crippen LogP contribution is -2.44. The zero-order chi connectivity index (χ0) is 15.5. The first kappa shape index (κ1) is 16.5. The lowest BCUT2D eigenvalue weighted by molar-refractivity contribution is -0.146. The summed E-state index contributed by atoms with van der Waals surface area (Å²) in [4.78, 5) is 24.9. The van der Waals surface area contributed by atoms with E-state index in [2.05, 4.69) is 15.9 Å². The molecule has 112 valence electrons. The molecular weight excluding hydrogens is 345 g/mol. The van der Waals surface area contributed by atoms with Gasteiger partial charge in [-0.25, -0.2) is 0 Å². The van der Waals surface area contributed by atoms with Crippen molar-refractivity contribution >= 4 is 27.7 Å². The minimum atomic E-state index is -4.61. The van der Waals surface area contributed by atoms with Crippen LogP contribution in [0.25, 0.3) is 0 Å². The van der Waals surface area contributed by atoms with Crippen molar-refractivity contribution in [2.24, 2.45) is 0 Å². The molecule has 9 heteroatoms. The van der Waals surface area contributed by atoms with Crippen molar-refractivity contribution in [2.75, 3.05) is 27.2 Å². The predicted molar refractivity (Wildman–Crippen MR) is 67.1 cm³/mol. The Kier molecular flexibility index (Phi) is 5.21. The second kappa shape index (κ2) is 6.29. The Labute approximate surface area is 121 Å². The minimum absolute atomic E-state index is 0.215. The van der Waals surface area contributed by atoms with Crippen molar-refractivity contribution in [1.82, 2.24) is 9.80 Å². The van der Waals surface area contributed by atoms with E-state index < -0.39 is 31.1 Å². The summed E-state index contributed by atoms with van der Waals surface area (Å²) < 4.78 is 42.6. The molecule has 0 saturated carbocycles. The molecule has 0 fully saturated rings. The van der Waals surface area contributed by atoms with E-state index in [1.54, 1.807) is 0 Å². The van der Waals surface area contributed by atoms with Gasteiger partial charge in [0, 0.05) is 14.1 Å². The Morgan fingerprint density at radius 1 is 1.30 bits per heavy atom. The third-order valence-corrected chi connectivity index (χ3v) is 2.69. The van der Waals surface area contributed by atoms with Crippen LogP contribution in [0.15, 0.2) is 21.2 Å². The number of halogens is 4. The molecule has 0 unspecified atom stereocenters. The molecule has 1 heterocycles. The molecule has 1 aromatic heterocycles. The zero-order valence-corrected chi connectivity index (χ0v) is 12.3. The normalized spacial score (nSPS) is 11.3. The highest BCUT2D eigenvalue weighted by Gasteiger charge is 2.35. The third-order valence-electron chi connectivity index (χ3n) is 2.27. The molecule has 1 aromatic rings. The van der Waals surface area contributed by atoms with Crippen LogP contribution in [-0.2, 0) is 4.79 Å². The molecule has 0 N–H and O–H groups in total. The van der Waals surface area contributed by atoms with Crippen LogP contribution in [0, 0.1) is 0 Å². The van der Waals surface area contributed by atoms with Crippen molar-refractivity contribution in [3.05, 3.63) is 22.6 Å². The molecule has 0 bridgehead atoms. The van der Waals surface area contributed by atoms with Crippen LogP contribution in [0.2, 0.25) is 0 Å². The van der Waals surface area contributed by atoms with Crippen molar-refractivity contribution in [2.45, 2.75) is 6.18 Å². The van der Waals surface area contributed by atoms with Gasteiger partial charge in [0.05, 0.1) is 0 Å². The molecule has 0 aliphatic heterocycles. The largest absolute Gasteiger partial charge is 0.444 e. The number of rotatable bonds is 4. The van der Waals surface area contributed by atoms with Crippen LogP contribution in [-0.4, -0.2) is 55.0 Å². The molecule has 2 amide bonds. The smallest absolute Gasteiger partial charge is 0.406 e. The highest BCUT2D eigenvalue weighted by atomic mass is 79.9. The number of hydrogen-bond acceptors (Lipinski definition) is 3. The van der Waals surface area contributed by atoms with E-state index in [9.17, 15) is 22.8 Å². The number of furan rings is 1. The molecule has 20 heavy (non-hydrogen) atoms. The van der Waals surface area contributed by atoms with E-state index in [-0.39, 0.29) is 10.4 Å². The Balaban J connectivity index is 2.92. The van der Waals surface area contributed by atoms with Crippen LogP contribution >= 0.6 is 15.9 Å². The maximum atomic E-state index is 12.5. The van der Waals surface area contributed by atoms with E-state index in [0.717, 1.165) is 4.90 Å². The number of amides is 2. The molecule has 0 radical (unpaired) electrons. The SMILES string of the molecule is CN(C)C(=O)CN(CC(F)(F)F)C(=O)c1ccc(Br)o1. The van der Waals surface area contributed by atoms with Gasteiger partial charge in [0.25, 0.3) is 5.91 Å². The highest BCUT2D eigenvalue weighted by molar-refractivity contribution is 9.10. The fourth-order valence-electron chi connectivity index (χ4n) is 1.31. The quantitative estimate of drug-likeness (QED) is 0.830. The van der Waals surface area contributed by atoms with Crippen LogP contribution in [0.5, 0.6) is 0 Å². The maximum absolute atomic E-state index is 12.5. The number of nitrogens with zero attached hydrogens (tertiary/aromatic N) is 2. The number of likely N-dealkylation sites (N-methyl/N-ethyl adjacent to an activating group) is 1. The van der Waals surface area contributed by atoms with Crippen LogP contribution in [0.4, 0.5) is 13.2 Å². The Bertz CT molecular complexity index is 499. The Morgan fingerprint density at radius 2 is 1.90 bits per heavy atom. The van der Waals surface area contributed by atoms with E-state index in [0.29, 0.717) is 4.90 Å². The van der Waals surface area contributed by atoms with Gasteiger partial charge in [0.1, 0.15) is 13.1 Å². The first-order chi connectivity index (χ1) is 9.10. The molecule has 0 spiro atoms. The monoisotopic (exact) mass is 356 g/mol. The van der Waals surface area contributed by atoms with Gasteiger partial charge in [0.15, 0.2) is 10.4 Å². The second-order valence-electron chi connectivity index (χ2n) is 4.17. The molecule has 0 saturated heterocycles. The molecule has 5 nitrogen and oxygen atoms in total. The molecule has 0 aliphatic rings. The molecule has 1 rings (SSSR count). The predicted octanol–water partition coefficient (Wildman–Crippen LogP) is 2.13. The second-order valence-corrected chi connectivity index (χ2v) is 4.95. The van der Waals surface area contributed by atoms with Gasteiger partial charge in [-0.15, -0.1) is 0 Å². The number of carbonyl (C=O) groups excluding carboxylic acids is 2. The van der Waals surface area contributed by atoms with Gasteiger partial charge >= 0.3 is 6.18 Å². The summed E-state index contributed by atoms with van der Waals surface area (Å²) in [6.45, 7) is -2.20. The van der Waals surface area contributed by atoms with Gasteiger partial charge in [-0.1, -0.05) is 0 Å². The van der Waals surface area contributed by atoms with Gasteiger partial charge < -0.3 is 14.2 Å². The number of carbonyl (C=O) groups is 2. The van der Waals surface area contributed by atoms with Crippen LogP contribution in [0.1, 0.15) is 10.6 Å². The Morgan fingerprint density at radius 3 is 2.30 bits per heavy atom. The summed E-state index contributed by atoms with van der Waals surface area (Å²) in [5.74, 6) is -1.89. The first-order valence-electron chi connectivity index (χ1n) is 5.41. The standard InChI is InChI=1S/C11H12BrF3N2O3/c1-16(2)9(18)5-17(6-11(13,14)15)10(19)7-3-4-8(12)20-7/h3-4H,5-6H2,1-2H3. The van der Waals surface area contributed by atoms with Gasteiger partial charge in [-0.05, 0) is 28.1 Å². The van der Waals surface area contributed by atoms with Crippen molar-refractivity contribution in [1.29, 1.82) is 0 Å². The average molecular weight is 357 g/mol. The molecule has 0 aliphatic carbocycles. The zero-order valence-electron chi connectivity index (χ0n) is 10.7. The van der Waals surface area contributed by atoms with Crippen LogP contribution < -0.4 is 0 Å². The topological polar surface area (TPSA) is 53.8 Å². The number of hydrogen-bond donors (Lipinski definition) is 0. The molecule has 0 aromatic carbocycles. The summed E-state index contributed by atoms with van der Waals surface area (Å²) in [7, 11) is 2.78. The Hall–Kier alpha value is -1.51. The van der Waals surface area contributed by atoms with Gasteiger partial charge in [0.2, 0.25) is 5.91 Å². The summed E-state index contributed by atoms with van der Waals surface area (Å²) in [5, 5.41) is 0. The number of alkyl halides is 3. The van der Waals surface area contributed by atoms with Crippen molar-refractivity contribution in [3.63, 3.8) is 0 Å². The van der Waals surface area contributed by atoms with E-state index in [4.69, 9.17) is 4.42 Å². The average Bonchev–Trinajstić information content (AvgIpc) is 2.72. The molecule has 0 atom stereocenters. The summed E-state index contributed by atoms with van der Waals surface area (Å²) in [5.41, 5.74) is 0. The van der Waals surface area contributed by atoms with Gasteiger partial charge in [-0.3, -0.25) is 9.59 Å². The van der Waals surface area contributed by atoms with E-state index in [1.165, 1.54) is 26.2 Å². The minimum Gasteiger partial charge on any atom is -0.444 e. The first-order valence-corrected chi connectivity index (χ1v) is 6.21. The van der Waals surface area contributed by atoms with Gasteiger partial charge in [-0.2, -0.15) is 13.2 Å². The molecular formula is C11H12BrF3N2O3. The van der Waals surface area contributed by atoms with E-state index >= 15 is 0 Å².